The van der Waals surface area contributed by atoms with Gasteiger partial charge in [-0.2, -0.15) is 12.6 Å². The molecule has 0 aliphatic heterocycles. The predicted octanol–water partition coefficient (Wildman–Crippen LogP) is -4.18. The van der Waals surface area contributed by atoms with Gasteiger partial charge in [0.15, 0.2) is 5.96 Å². The Hall–Kier alpha value is -4.62. The topological polar surface area (TPSA) is 319 Å². The molecule has 6 amide bonds. The van der Waals surface area contributed by atoms with E-state index >= 15 is 0 Å². The Bertz CT molecular complexity index is 1280. The van der Waals surface area contributed by atoms with Crippen molar-refractivity contribution < 1.29 is 39.0 Å². The number of amides is 6. The first-order valence-corrected chi connectivity index (χ1v) is 15.8. The van der Waals surface area contributed by atoms with Crippen LogP contribution in [-0.4, -0.2) is 107 Å². The summed E-state index contributed by atoms with van der Waals surface area (Å²) in [4.78, 5) is 80.0. The third-order valence-electron chi connectivity index (χ3n) is 7.20. The maximum absolute atomic E-state index is 13.4. The SMILES string of the molecule is CC[C@H](C)[C@H](NC(=O)[C@H](Cc1ccc(O)cc1)NC(=O)[C@@H](N)CS)C(=O)NCC(=O)N[C@@H](CO)C(=O)N[C@@H](CCCN=C(N)N)C(N)=O. The first-order chi connectivity index (χ1) is 22.6. The number of nitrogens with one attached hydrogen (secondary N) is 5. The lowest BCUT2D eigenvalue weighted by atomic mass is 9.97. The van der Waals surface area contributed by atoms with Gasteiger partial charge in [-0.3, -0.25) is 33.8 Å². The van der Waals surface area contributed by atoms with Crippen molar-refractivity contribution in [3.8, 4) is 5.75 Å². The van der Waals surface area contributed by atoms with Crippen LogP contribution in [0.3, 0.4) is 0 Å². The molecule has 0 fully saturated rings. The van der Waals surface area contributed by atoms with Crippen LogP contribution in [0.15, 0.2) is 29.3 Å². The second kappa shape index (κ2) is 21.3. The van der Waals surface area contributed by atoms with Crippen molar-refractivity contribution in [2.75, 3.05) is 25.4 Å². The van der Waals surface area contributed by atoms with Crippen molar-refractivity contribution in [3.63, 3.8) is 0 Å². The number of carbonyl (C=O) groups excluding carboxylic acids is 6. The zero-order chi connectivity index (χ0) is 36.4. The number of phenols is 1. The molecule has 0 aromatic heterocycles. The van der Waals surface area contributed by atoms with Crippen LogP contribution < -0.4 is 49.5 Å². The van der Waals surface area contributed by atoms with E-state index in [1.807, 2.05) is 0 Å². The van der Waals surface area contributed by atoms with Gasteiger partial charge in [-0.25, -0.2) is 0 Å². The second-order valence-electron chi connectivity index (χ2n) is 11.0. The minimum absolute atomic E-state index is 0.00584. The number of carbonyl (C=O) groups is 6. The molecule has 1 rings (SSSR count). The van der Waals surface area contributed by atoms with Crippen molar-refractivity contribution in [1.29, 1.82) is 0 Å². The lowest BCUT2D eigenvalue weighted by Gasteiger charge is -2.27. The van der Waals surface area contributed by atoms with E-state index < -0.39 is 84.7 Å². The summed E-state index contributed by atoms with van der Waals surface area (Å²) in [5.74, 6) is -5.20. The molecule has 0 heterocycles. The number of rotatable bonds is 21. The van der Waals surface area contributed by atoms with Crippen molar-refractivity contribution in [1.82, 2.24) is 26.6 Å². The fourth-order valence-electron chi connectivity index (χ4n) is 4.17. The summed E-state index contributed by atoms with van der Waals surface area (Å²) in [6.45, 7) is 2.20. The molecule has 1 aromatic rings. The molecule has 1 aromatic carbocycles. The monoisotopic (exact) mass is 696 g/mol. The number of aliphatic imine (C=N–C) groups is 1. The lowest BCUT2D eigenvalue weighted by molar-refractivity contribution is -0.134. The Balaban J connectivity index is 2.92. The van der Waals surface area contributed by atoms with Gasteiger partial charge >= 0.3 is 0 Å². The number of benzene rings is 1. The van der Waals surface area contributed by atoms with E-state index in [0.29, 0.717) is 18.4 Å². The van der Waals surface area contributed by atoms with Gasteiger partial charge in [0.05, 0.1) is 19.2 Å². The molecule has 19 heteroatoms. The minimum Gasteiger partial charge on any atom is -0.508 e. The summed E-state index contributed by atoms with van der Waals surface area (Å²) in [6, 6.07) is 0.0742. The quantitative estimate of drug-likeness (QED) is 0.0253. The number of aliphatic hydroxyl groups excluding tert-OH is 1. The molecular formula is C29H48N10O8S. The van der Waals surface area contributed by atoms with Gasteiger partial charge in [0.1, 0.15) is 29.9 Å². The Morgan fingerprint density at radius 1 is 0.875 bits per heavy atom. The predicted molar refractivity (Wildman–Crippen MR) is 180 cm³/mol. The molecule has 268 valence electrons. The van der Waals surface area contributed by atoms with Gasteiger partial charge in [-0.05, 0) is 36.5 Å². The maximum Gasteiger partial charge on any atom is 0.245 e. The third kappa shape index (κ3) is 14.9. The van der Waals surface area contributed by atoms with Crippen LogP contribution in [0.4, 0.5) is 0 Å². The number of primary amides is 1. The molecule has 0 spiro atoms. The zero-order valence-electron chi connectivity index (χ0n) is 27.0. The molecule has 0 bridgehead atoms. The molecule has 0 unspecified atom stereocenters. The summed E-state index contributed by atoms with van der Waals surface area (Å²) in [6.07, 6.45) is 0.842. The molecule has 0 aliphatic carbocycles. The maximum atomic E-state index is 13.4. The largest absolute Gasteiger partial charge is 0.508 e. The van der Waals surface area contributed by atoms with Gasteiger partial charge < -0.3 is 59.7 Å². The molecule has 48 heavy (non-hydrogen) atoms. The molecule has 6 atom stereocenters. The average Bonchev–Trinajstić information content (AvgIpc) is 3.05. The number of thiol groups is 1. The van der Waals surface area contributed by atoms with Crippen molar-refractivity contribution in [3.05, 3.63) is 29.8 Å². The Kier molecular flexibility index (Phi) is 18.4. The zero-order valence-corrected chi connectivity index (χ0v) is 27.9. The molecule has 0 saturated heterocycles. The summed E-state index contributed by atoms with van der Waals surface area (Å²) in [5.41, 5.74) is 22.2. The highest BCUT2D eigenvalue weighted by atomic mass is 32.1. The highest BCUT2D eigenvalue weighted by Crippen LogP contribution is 2.13. The van der Waals surface area contributed by atoms with Crippen LogP contribution in [0, 0.1) is 5.92 Å². The van der Waals surface area contributed by atoms with Crippen molar-refractivity contribution in [2.24, 2.45) is 33.8 Å². The highest BCUT2D eigenvalue weighted by Gasteiger charge is 2.31. The fraction of sp³-hybridized carbons (Fsp3) is 0.552. The lowest BCUT2D eigenvalue weighted by Crippen LogP contribution is -2.59. The minimum atomic E-state index is -1.48. The molecule has 0 saturated carbocycles. The number of phenolic OH excluding ortho intramolecular Hbond substituents is 1. The van der Waals surface area contributed by atoms with Crippen LogP contribution >= 0.6 is 12.6 Å². The van der Waals surface area contributed by atoms with Crippen LogP contribution in [0.1, 0.15) is 38.7 Å². The first kappa shape index (κ1) is 41.4. The number of nitrogens with two attached hydrogens (primary N) is 4. The Morgan fingerprint density at radius 3 is 2.02 bits per heavy atom. The van der Waals surface area contributed by atoms with Gasteiger partial charge in [0.25, 0.3) is 0 Å². The highest BCUT2D eigenvalue weighted by molar-refractivity contribution is 7.80. The normalized spacial score (nSPS) is 14.5. The van der Waals surface area contributed by atoms with Gasteiger partial charge in [-0.15, -0.1) is 0 Å². The standard InChI is InChI=1S/C29H48N10O8S/c1-3-15(2)23(39-26(45)20(38-25(44)18(30)14-48)11-16-6-8-17(41)9-7-16)28(47)35-12-22(42)36-21(13-40)27(46)37-19(24(31)43)5-4-10-34-29(32)33/h6-9,15,18-21,23,40-41,48H,3-5,10-14,30H2,1-2H3,(H2,31,43)(H,35,47)(H,36,42)(H,37,46)(H,38,44)(H,39,45)(H4,32,33,34)/t15-,18-,19-,20-,21-,23-/m0/s1. The number of aliphatic hydroxyl groups is 1. The first-order valence-electron chi connectivity index (χ1n) is 15.2. The van der Waals surface area contributed by atoms with Crippen molar-refractivity contribution in [2.45, 2.75) is 69.7 Å². The molecule has 0 radical (unpaired) electrons. The fourth-order valence-corrected chi connectivity index (χ4v) is 4.34. The summed E-state index contributed by atoms with van der Waals surface area (Å²) >= 11 is 4.02. The third-order valence-corrected chi connectivity index (χ3v) is 7.59. The van der Waals surface area contributed by atoms with E-state index in [9.17, 15) is 39.0 Å². The number of hydrogen-bond acceptors (Lipinski definition) is 11. The van der Waals surface area contributed by atoms with Gasteiger partial charge in [0, 0.05) is 18.7 Å². The number of aromatic hydroxyl groups is 1. The molecular weight excluding hydrogens is 648 g/mol. The van der Waals surface area contributed by atoms with Gasteiger partial charge in [0.2, 0.25) is 35.4 Å². The van der Waals surface area contributed by atoms with E-state index in [0.717, 1.165) is 0 Å². The van der Waals surface area contributed by atoms with Crippen LogP contribution in [0.5, 0.6) is 5.75 Å². The van der Waals surface area contributed by atoms with Crippen LogP contribution in [0.2, 0.25) is 0 Å². The smallest absolute Gasteiger partial charge is 0.245 e. The van der Waals surface area contributed by atoms with Crippen LogP contribution in [-0.2, 0) is 35.2 Å². The van der Waals surface area contributed by atoms with E-state index in [-0.39, 0.29) is 36.8 Å². The van der Waals surface area contributed by atoms with Crippen molar-refractivity contribution >= 4 is 54.0 Å². The van der Waals surface area contributed by atoms with E-state index in [1.54, 1.807) is 26.0 Å². The number of nitrogens with zero attached hydrogens (tertiary/aromatic N) is 1. The average molecular weight is 697 g/mol. The van der Waals surface area contributed by atoms with Gasteiger partial charge in [-0.1, -0.05) is 32.4 Å². The Morgan fingerprint density at radius 2 is 1.48 bits per heavy atom. The molecule has 18 nitrogen and oxygen atoms in total. The number of hydrogen-bond donors (Lipinski definition) is 12. The Labute approximate surface area is 284 Å². The second-order valence-corrected chi connectivity index (χ2v) is 11.4. The van der Waals surface area contributed by atoms with E-state index in [1.165, 1.54) is 12.1 Å². The number of guanidine groups is 1. The molecule has 0 aliphatic rings. The van der Waals surface area contributed by atoms with E-state index in [4.69, 9.17) is 22.9 Å². The summed E-state index contributed by atoms with van der Waals surface area (Å²) < 4.78 is 0. The molecule has 15 N–H and O–H groups in total. The van der Waals surface area contributed by atoms with E-state index in [2.05, 4.69) is 44.2 Å². The van der Waals surface area contributed by atoms with Crippen LogP contribution in [0.25, 0.3) is 0 Å². The summed E-state index contributed by atoms with van der Waals surface area (Å²) in [5, 5.41) is 31.5. The summed E-state index contributed by atoms with van der Waals surface area (Å²) in [7, 11) is 0.